The van der Waals surface area contributed by atoms with E-state index in [9.17, 15) is 4.79 Å². The Hall–Kier alpha value is -0.970. The molecule has 1 heterocycles. The first-order valence-electron chi connectivity index (χ1n) is 7.06. The fourth-order valence-corrected chi connectivity index (χ4v) is 2.25. The molecule has 1 atom stereocenters. The summed E-state index contributed by atoms with van der Waals surface area (Å²) in [6.45, 7) is 4.54. The molecule has 0 saturated carbocycles. The Morgan fingerprint density at radius 2 is 1.95 bits per heavy atom. The van der Waals surface area contributed by atoms with Gasteiger partial charge in [0.15, 0.2) is 0 Å². The molecule has 0 radical (unpaired) electrons. The van der Waals surface area contributed by atoms with Crippen molar-refractivity contribution < 1.29 is 9.90 Å². The van der Waals surface area contributed by atoms with Crippen molar-refractivity contribution in [2.24, 2.45) is 11.7 Å². The smallest absolute Gasteiger partial charge is 0.222 e. The molecule has 6 heteroatoms. The molecule has 0 spiro atoms. The summed E-state index contributed by atoms with van der Waals surface area (Å²) >= 11 is 11.1. The largest absolute Gasteiger partial charge is 0.508 e. The third-order valence-electron chi connectivity index (χ3n) is 3.29. The summed E-state index contributed by atoms with van der Waals surface area (Å²) < 4.78 is 0. The number of halogens is 2. The normalized spacial score (nSPS) is 15.3. The number of carbonyl (C=O) groups is 1. The third kappa shape index (κ3) is 6.55. The highest BCUT2D eigenvalue weighted by Crippen LogP contribution is 2.25. The maximum atomic E-state index is 11.5. The number of phenols is 1. The van der Waals surface area contributed by atoms with Gasteiger partial charge in [0.1, 0.15) is 5.75 Å². The van der Waals surface area contributed by atoms with Gasteiger partial charge in [0.25, 0.3) is 0 Å². The number of amides is 1. The van der Waals surface area contributed by atoms with E-state index in [-0.39, 0.29) is 11.7 Å². The van der Waals surface area contributed by atoms with Crippen molar-refractivity contribution in [3.63, 3.8) is 0 Å². The van der Waals surface area contributed by atoms with Gasteiger partial charge in [-0.2, -0.15) is 0 Å². The fourth-order valence-electron chi connectivity index (χ4n) is 1.96. The number of rotatable bonds is 3. The molecule has 21 heavy (non-hydrogen) atoms. The number of nitrogens with two attached hydrogens (primary N) is 1. The number of benzene rings is 1. The Labute approximate surface area is 135 Å². The van der Waals surface area contributed by atoms with Crippen LogP contribution in [-0.4, -0.2) is 35.5 Å². The van der Waals surface area contributed by atoms with Gasteiger partial charge in [0, 0.05) is 19.5 Å². The molecular formula is C15H22Cl2N2O2. The number of aromatic hydroxyl groups is 1. The highest BCUT2D eigenvalue weighted by atomic mass is 35.5. The van der Waals surface area contributed by atoms with Crippen LogP contribution in [0.4, 0.5) is 0 Å². The van der Waals surface area contributed by atoms with E-state index >= 15 is 0 Å². The van der Waals surface area contributed by atoms with Gasteiger partial charge in [-0.1, -0.05) is 30.1 Å². The molecule has 0 bridgehead atoms. The molecule has 1 amide bonds. The molecule has 4 nitrogen and oxygen atoms in total. The lowest BCUT2D eigenvalue weighted by Gasteiger charge is -2.17. The SMILES string of the molecule is CC(CN)CC(=O)N1CCCC1.Oc1ccc(Cl)c(Cl)c1. The van der Waals surface area contributed by atoms with Crippen LogP contribution in [0.25, 0.3) is 0 Å². The number of carbonyl (C=O) groups excluding carboxylic acids is 1. The predicted molar refractivity (Wildman–Crippen MR) is 86.8 cm³/mol. The van der Waals surface area contributed by atoms with Crippen molar-refractivity contribution in [1.29, 1.82) is 0 Å². The maximum Gasteiger partial charge on any atom is 0.222 e. The van der Waals surface area contributed by atoms with Crippen LogP contribution in [0.5, 0.6) is 5.75 Å². The molecule has 1 aliphatic heterocycles. The van der Waals surface area contributed by atoms with Gasteiger partial charge in [0.05, 0.1) is 10.0 Å². The van der Waals surface area contributed by atoms with Crippen LogP contribution < -0.4 is 5.73 Å². The van der Waals surface area contributed by atoms with E-state index < -0.39 is 0 Å². The van der Waals surface area contributed by atoms with Crippen LogP contribution >= 0.6 is 23.2 Å². The average Bonchev–Trinajstić information content (AvgIpc) is 2.98. The van der Waals surface area contributed by atoms with Crippen LogP contribution in [0.1, 0.15) is 26.2 Å². The molecule has 1 aliphatic rings. The maximum absolute atomic E-state index is 11.5. The van der Waals surface area contributed by atoms with E-state index in [0.29, 0.717) is 28.9 Å². The number of hydrogen-bond acceptors (Lipinski definition) is 3. The lowest BCUT2D eigenvalue weighted by molar-refractivity contribution is -0.130. The summed E-state index contributed by atoms with van der Waals surface area (Å²) in [7, 11) is 0. The highest BCUT2D eigenvalue weighted by Gasteiger charge is 2.18. The van der Waals surface area contributed by atoms with Crippen molar-refractivity contribution in [3.05, 3.63) is 28.2 Å². The van der Waals surface area contributed by atoms with E-state index in [1.807, 2.05) is 11.8 Å². The molecule has 1 aromatic carbocycles. The number of nitrogens with zero attached hydrogens (tertiary/aromatic N) is 1. The Kier molecular flexibility index (Phi) is 7.86. The number of hydrogen-bond donors (Lipinski definition) is 2. The summed E-state index contributed by atoms with van der Waals surface area (Å²) in [4.78, 5) is 13.4. The number of phenolic OH excluding ortho intramolecular Hbond substituents is 1. The molecule has 1 unspecified atom stereocenters. The zero-order chi connectivity index (χ0) is 15.8. The Bertz CT molecular complexity index is 463. The fraction of sp³-hybridized carbons (Fsp3) is 0.533. The van der Waals surface area contributed by atoms with Crippen LogP contribution in [0.2, 0.25) is 10.0 Å². The second-order valence-electron chi connectivity index (χ2n) is 5.23. The van der Waals surface area contributed by atoms with Crippen molar-refractivity contribution in [3.8, 4) is 5.75 Å². The molecule has 1 saturated heterocycles. The van der Waals surface area contributed by atoms with Crippen LogP contribution in [0, 0.1) is 5.92 Å². The second-order valence-corrected chi connectivity index (χ2v) is 6.05. The molecule has 2 rings (SSSR count). The molecule has 3 N–H and O–H groups in total. The first kappa shape index (κ1) is 18.1. The minimum absolute atomic E-state index is 0.129. The number of likely N-dealkylation sites (tertiary alicyclic amines) is 1. The lowest BCUT2D eigenvalue weighted by Crippen LogP contribution is -2.30. The van der Waals surface area contributed by atoms with E-state index in [1.54, 1.807) is 6.07 Å². The molecule has 0 aliphatic carbocycles. The van der Waals surface area contributed by atoms with Crippen molar-refractivity contribution in [2.45, 2.75) is 26.2 Å². The van der Waals surface area contributed by atoms with E-state index in [4.69, 9.17) is 34.0 Å². The summed E-state index contributed by atoms with van der Waals surface area (Å²) in [5.41, 5.74) is 5.45. The summed E-state index contributed by atoms with van der Waals surface area (Å²) in [6, 6.07) is 4.41. The predicted octanol–water partition coefficient (Wildman–Crippen LogP) is 3.29. The van der Waals surface area contributed by atoms with Crippen molar-refractivity contribution in [1.82, 2.24) is 4.90 Å². The Morgan fingerprint density at radius 1 is 1.33 bits per heavy atom. The van der Waals surface area contributed by atoms with E-state index in [0.717, 1.165) is 13.1 Å². The Morgan fingerprint density at radius 3 is 2.43 bits per heavy atom. The summed E-state index contributed by atoms with van der Waals surface area (Å²) in [5.74, 6) is 0.743. The van der Waals surface area contributed by atoms with Gasteiger partial charge in [0.2, 0.25) is 5.91 Å². The minimum atomic E-state index is 0.129. The Balaban J connectivity index is 0.000000219. The quantitative estimate of drug-likeness (QED) is 0.892. The van der Waals surface area contributed by atoms with Crippen LogP contribution in [0.15, 0.2) is 18.2 Å². The van der Waals surface area contributed by atoms with Crippen molar-refractivity contribution in [2.75, 3.05) is 19.6 Å². The molecule has 0 aromatic heterocycles. The van der Waals surface area contributed by atoms with Gasteiger partial charge in [-0.3, -0.25) is 4.79 Å². The van der Waals surface area contributed by atoms with Gasteiger partial charge < -0.3 is 15.7 Å². The minimum Gasteiger partial charge on any atom is -0.508 e. The van der Waals surface area contributed by atoms with E-state index in [2.05, 4.69) is 0 Å². The average molecular weight is 333 g/mol. The molecule has 1 fully saturated rings. The van der Waals surface area contributed by atoms with Gasteiger partial charge in [-0.25, -0.2) is 0 Å². The van der Waals surface area contributed by atoms with Gasteiger partial charge >= 0.3 is 0 Å². The second kappa shape index (κ2) is 9.13. The molecule has 118 valence electrons. The highest BCUT2D eigenvalue weighted by molar-refractivity contribution is 6.42. The topological polar surface area (TPSA) is 66.6 Å². The summed E-state index contributed by atoms with van der Waals surface area (Å²) in [5, 5.41) is 9.62. The lowest BCUT2D eigenvalue weighted by atomic mass is 10.1. The zero-order valence-corrected chi connectivity index (χ0v) is 13.7. The zero-order valence-electron chi connectivity index (χ0n) is 12.2. The van der Waals surface area contributed by atoms with E-state index in [1.165, 1.54) is 25.0 Å². The third-order valence-corrected chi connectivity index (χ3v) is 4.03. The van der Waals surface area contributed by atoms with Gasteiger partial charge in [-0.15, -0.1) is 0 Å². The van der Waals surface area contributed by atoms with Crippen molar-refractivity contribution >= 4 is 29.1 Å². The molecular weight excluding hydrogens is 311 g/mol. The summed E-state index contributed by atoms with van der Waals surface area (Å²) in [6.07, 6.45) is 2.96. The first-order chi connectivity index (χ1) is 9.93. The van der Waals surface area contributed by atoms with Crippen LogP contribution in [-0.2, 0) is 4.79 Å². The van der Waals surface area contributed by atoms with Gasteiger partial charge in [-0.05, 0) is 43.5 Å². The first-order valence-corrected chi connectivity index (χ1v) is 7.81. The molecule has 1 aromatic rings. The monoisotopic (exact) mass is 332 g/mol. The standard InChI is InChI=1S/C9H18N2O.C6H4Cl2O/c1-8(7-10)6-9(12)11-4-2-3-5-11;7-5-2-1-4(9)3-6(5)8/h8H,2-7,10H2,1H3;1-3,9H. The van der Waals surface area contributed by atoms with Crippen LogP contribution in [0.3, 0.4) is 0 Å².